The standard InChI is InChI=1S/C25H34N4O7S.HI/c1-5-8-36-25(35)28-11-18(9-16(28)6-7-27-10-17(12-30)26(4)13-27)37-22-14(2)20-19(15(3)31)23(32)29(20)21(22)24(33)34;/h5,10,13-16,18-20,30-31H,1,6-9,11-12H2,2-4H3;1H/t14-,15-,16-,18+,19-,20-;/m1./s1. The Bertz CT molecular complexity index is 1120. The molecule has 0 aliphatic carbocycles. The lowest BCUT2D eigenvalue weighted by molar-refractivity contribution is -0.697. The number of fused-ring (bicyclic) bond motifs is 1. The highest BCUT2D eigenvalue weighted by Crippen LogP contribution is 2.52. The molecule has 3 aliphatic heterocycles. The molecule has 6 atom stereocenters. The summed E-state index contributed by atoms with van der Waals surface area (Å²) < 4.78 is 9.14. The third-order valence-electron chi connectivity index (χ3n) is 7.51. The maximum Gasteiger partial charge on any atom is 0.410 e. The van der Waals surface area contributed by atoms with E-state index >= 15 is 0 Å². The summed E-state index contributed by atoms with van der Waals surface area (Å²) in [6.45, 7) is 8.08. The van der Waals surface area contributed by atoms with E-state index in [4.69, 9.17) is 4.74 Å². The van der Waals surface area contributed by atoms with Gasteiger partial charge in [-0.05, 0) is 13.3 Å². The first-order valence-electron chi connectivity index (χ1n) is 12.4. The van der Waals surface area contributed by atoms with E-state index in [2.05, 4.69) is 6.58 Å². The number of aromatic nitrogens is 2. The van der Waals surface area contributed by atoms with Crippen molar-refractivity contribution in [3.63, 3.8) is 0 Å². The van der Waals surface area contributed by atoms with Gasteiger partial charge in [0.05, 0.1) is 31.7 Å². The van der Waals surface area contributed by atoms with Crippen LogP contribution in [0.4, 0.5) is 4.79 Å². The number of aryl methyl sites for hydroxylation is 2. The smallest absolute Gasteiger partial charge is 0.410 e. The van der Waals surface area contributed by atoms with E-state index in [9.17, 15) is 29.7 Å². The average molecular weight is 663 g/mol. The first kappa shape index (κ1) is 30.4. The molecule has 0 aromatic carbocycles. The predicted octanol–water partition coefficient (Wildman–Crippen LogP) is -2.15. The number of carbonyl (C=O) groups excluding carboxylic acids is 2. The maximum absolute atomic E-state index is 12.8. The van der Waals surface area contributed by atoms with Gasteiger partial charge in [0.1, 0.15) is 25.1 Å². The van der Waals surface area contributed by atoms with Crippen LogP contribution < -0.4 is 28.5 Å². The molecule has 13 heteroatoms. The van der Waals surface area contributed by atoms with E-state index in [-0.39, 0.29) is 72.0 Å². The van der Waals surface area contributed by atoms with E-state index in [0.29, 0.717) is 30.8 Å². The molecule has 38 heavy (non-hydrogen) atoms. The van der Waals surface area contributed by atoms with Gasteiger partial charge >= 0.3 is 12.1 Å². The Balaban J connectivity index is 0.00000400. The average Bonchev–Trinajstić information content (AvgIpc) is 3.49. The van der Waals surface area contributed by atoms with Gasteiger partial charge in [-0.25, -0.2) is 18.7 Å². The van der Waals surface area contributed by atoms with E-state index in [1.807, 2.05) is 35.6 Å². The quantitative estimate of drug-likeness (QED) is 0.112. The lowest BCUT2D eigenvalue weighted by Gasteiger charge is -2.46. The van der Waals surface area contributed by atoms with Gasteiger partial charge in [-0.1, -0.05) is 19.6 Å². The fourth-order valence-electron chi connectivity index (χ4n) is 5.71. The molecule has 0 spiro atoms. The number of imidazole rings is 1. The van der Waals surface area contributed by atoms with Gasteiger partial charge in [-0.3, -0.25) is 4.79 Å². The van der Waals surface area contributed by atoms with Crippen molar-refractivity contribution >= 4 is 29.7 Å². The monoisotopic (exact) mass is 662 g/mol. The highest BCUT2D eigenvalue weighted by molar-refractivity contribution is 8.03. The summed E-state index contributed by atoms with van der Waals surface area (Å²) in [5, 5.41) is 29.4. The van der Waals surface area contributed by atoms with Crippen LogP contribution in [0.5, 0.6) is 0 Å². The largest absolute Gasteiger partial charge is 1.00 e. The summed E-state index contributed by atoms with van der Waals surface area (Å²) >= 11 is 1.41. The summed E-state index contributed by atoms with van der Waals surface area (Å²) in [7, 11) is 1.86. The summed E-state index contributed by atoms with van der Waals surface area (Å²) in [6.07, 6.45) is 5.25. The van der Waals surface area contributed by atoms with Crippen LogP contribution in [-0.4, -0.2) is 84.2 Å². The maximum atomic E-state index is 12.8. The summed E-state index contributed by atoms with van der Waals surface area (Å²) in [4.78, 5) is 41.3. The number of carboxylic acid groups (broad SMARTS) is 1. The number of rotatable bonds is 10. The molecule has 0 radical (unpaired) electrons. The minimum atomic E-state index is -1.16. The molecular weight excluding hydrogens is 627 g/mol. The minimum Gasteiger partial charge on any atom is -1.00 e. The van der Waals surface area contributed by atoms with Crippen LogP contribution >= 0.6 is 11.8 Å². The van der Waals surface area contributed by atoms with Crippen LogP contribution in [0.1, 0.15) is 32.4 Å². The molecule has 1 aromatic heterocycles. The van der Waals surface area contributed by atoms with Gasteiger partial charge < -0.3 is 53.8 Å². The van der Waals surface area contributed by atoms with Crippen LogP contribution in [0, 0.1) is 11.8 Å². The second kappa shape index (κ2) is 12.4. The van der Waals surface area contributed by atoms with E-state index < -0.39 is 24.1 Å². The van der Waals surface area contributed by atoms with Gasteiger partial charge in [0.25, 0.3) is 0 Å². The molecule has 4 heterocycles. The third kappa shape index (κ3) is 5.61. The zero-order valence-corrected chi connectivity index (χ0v) is 24.7. The number of aliphatic hydroxyl groups excluding tert-OH is 2. The minimum absolute atomic E-state index is 0. The predicted molar refractivity (Wildman–Crippen MR) is 134 cm³/mol. The lowest BCUT2D eigenvalue weighted by atomic mass is 9.79. The molecule has 3 aliphatic rings. The van der Waals surface area contributed by atoms with Crippen molar-refractivity contribution in [2.45, 2.75) is 63.3 Å². The van der Waals surface area contributed by atoms with Crippen molar-refractivity contribution in [1.29, 1.82) is 0 Å². The van der Waals surface area contributed by atoms with Crippen molar-refractivity contribution in [2.24, 2.45) is 18.9 Å². The summed E-state index contributed by atoms with van der Waals surface area (Å²) in [6, 6.07) is -0.503. The van der Waals surface area contributed by atoms with Crippen molar-refractivity contribution in [1.82, 2.24) is 14.4 Å². The van der Waals surface area contributed by atoms with Crippen LogP contribution in [-0.2, 0) is 34.5 Å². The Kier molecular flexibility index (Phi) is 9.92. The Morgan fingerprint density at radius 1 is 1.39 bits per heavy atom. The fraction of sp³-hybridized carbons (Fsp3) is 0.600. The molecule has 11 nitrogen and oxygen atoms in total. The molecule has 2 saturated heterocycles. The SMILES string of the molecule is C=CCOC(=O)N1C[C@@H](SC2=C(C(=O)O)N3C(=O)[C@H]([C@@H](C)O)[C@H]3[C@H]2C)C[C@H]1CC[n+]1cc(CO)n(C)c1.[I-]. The number of ether oxygens (including phenoxy) is 1. The third-order valence-corrected chi connectivity index (χ3v) is 9.01. The number of carbonyl (C=O) groups is 3. The van der Waals surface area contributed by atoms with Crippen molar-refractivity contribution in [2.75, 3.05) is 13.2 Å². The highest BCUT2D eigenvalue weighted by atomic mass is 127. The molecule has 2 amide bonds. The summed E-state index contributed by atoms with van der Waals surface area (Å²) in [5.41, 5.74) is 0.769. The number of thioether (sulfide) groups is 1. The van der Waals surface area contributed by atoms with E-state index in [0.717, 1.165) is 5.69 Å². The topological polar surface area (TPSA) is 136 Å². The van der Waals surface area contributed by atoms with Crippen molar-refractivity contribution < 1.29 is 63.0 Å². The number of hydrogen-bond acceptors (Lipinski definition) is 7. The number of likely N-dealkylation sites (tertiary alicyclic amines) is 1. The normalized spacial score (nSPS) is 27.1. The zero-order valence-electron chi connectivity index (χ0n) is 21.7. The molecule has 0 unspecified atom stereocenters. The lowest BCUT2D eigenvalue weighted by Crippen LogP contribution is -3.00. The Labute approximate surface area is 243 Å². The number of nitrogens with zero attached hydrogens (tertiary/aromatic N) is 4. The van der Waals surface area contributed by atoms with Gasteiger partial charge in [-0.2, -0.15) is 0 Å². The van der Waals surface area contributed by atoms with Gasteiger partial charge in [0.2, 0.25) is 12.2 Å². The molecule has 0 saturated carbocycles. The van der Waals surface area contributed by atoms with Gasteiger partial charge in [0, 0.05) is 35.1 Å². The number of β-lactam (4-membered cyclic amide) rings is 1. The molecule has 210 valence electrons. The van der Waals surface area contributed by atoms with Crippen molar-refractivity contribution in [3.05, 3.63) is 41.5 Å². The highest BCUT2D eigenvalue weighted by Gasteiger charge is 2.60. The first-order chi connectivity index (χ1) is 17.6. The zero-order chi connectivity index (χ0) is 27.0. The Morgan fingerprint density at radius 2 is 2.11 bits per heavy atom. The molecule has 1 aromatic rings. The van der Waals surface area contributed by atoms with Crippen LogP contribution in [0.2, 0.25) is 0 Å². The van der Waals surface area contributed by atoms with Crippen LogP contribution in [0.3, 0.4) is 0 Å². The van der Waals surface area contributed by atoms with E-state index in [1.54, 1.807) is 11.8 Å². The fourth-order valence-corrected chi connectivity index (χ4v) is 7.28. The van der Waals surface area contributed by atoms with Crippen LogP contribution in [0.25, 0.3) is 0 Å². The number of amides is 2. The van der Waals surface area contributed by atoms with Crippen molar-refractivity contribution in [3.8, 4) is 0 Å². The number of aliphatic hydroxyl groups is 2. The number of carboxylic acids is 1. The van der Waals surface area contributed by atoms with Gasteiger partial charge in [0.15, 0.2) is 5.69 Å². The second-order valence-corrected chi connectivity index (χ2v) is 11.3. The van der Waals surface area contributed by atoms with E-state index in [1.165, 1.54) is 22.7 Å². The molecule has 3 N–H and O–H groups in total. The first-order valence-corrected chi connectivity index (χ1v) is 13.3. The number of halogens is 1. The van der Waals surface area contributed by atoms with Crippen LogP contribution in [0.15, 0.2) is 35.8 Å². The summed E-state index contributed by atoms with van der Waals surface area (Å²) in [5.74, 6) is -2.37. The molecule has 4 rings (SSSR count). The van der Waals surface area contributed by atoms with Gasteiger partial charge in [-0.15, -0.1) is 11.8 Å². The molecule has 0 bridgehead atoms. The Hall–Kier alpha value is -2.10. The number of aliphatic carboxylic acids is 1. The molecular formula is C25H35IN4O7S. The second-order valence-electron chi connectivity index (χ2n) is 9.95. The Morgan fingerprint density at radius 3 is 2.68 bits per heavy atom. The molecule has 2 fully saturated rings. The number of hydrogen-bond donors (Lipinski definition) is 3.